The average molecular weight is 457 g/mol. The van der Waals surface area contributed by atoms with Crippen molar-refractivity contribution < 1.29 is 13.2 Å². The second-order valence-corrected chi connectivity index (χ2v) is 11.5. The fourth-order valence-electron chi connectivity index (χ4n) is 5.02. The Morgan fingerprint density at radius 3 is 2.40 bits per heavy atom. The molecule has 30 heavy (non-hydrogen) atoms. The minimum atomic E-state index is -3.05. The predicted octanol–water partition coefficient (Wildman–Crippen LogP) is 3.20. The smallest absolute Gasteiger partial charge is 0.225 e. The molecule has 1 aliphatic carbocycles. The zero-order valence-electron chi connectivity index (χ0n) is 17.7. The number of ether oxygens (including phenoxy) is 1. The van der Waals surface area contributed by atoms with Crippen molar-refractivity contribution in [1.29, 1.82) is 0 Å². The van der Waals surface area contributed by atoms with Gasteiger partial charge in [-0.3, -0.25) is 0 Å². The van der Waals surface area contributed by atoms with Crippen LogP contribution in [0.15, 0.2) is 12.4 Å². The first-order valence-electron chi connectivity index (χ1n) is 11.3. The SMILES string of the molecule is CCS(=O)(=O)N1CCC(OCC[C@@H]2C[C@@H]2C2CCN(c3ncc(Cl)cn3)CC2)CC1. The highest BCUT2D eigenvalue weighted by Crippen LogP contribution is 2.50. The van der Waals surface area contributed by atoms with Gasteiger partial charge in [-0.25, -0.2) is 22.7 Å². The van der Waals surface area contributed by atoms with Crippen molar-refractivity contribution in [3.05, 3.63) is 17.4 Å². The van der Waals surface area contributed by atoms with Gasteiger partial charge < -0.3 is 9.64 Å². The Morgan fingerprint density at radius 2 is 1.77 bits per heavy atom. The van der Waals surface area contributed by atoms with Gasteiger partial charge in [-0.15, -0.1) is 0 Å². The fourth-order valence-corrected chi connectivity index (χ4v) is 6.25. The van der Waals surface area contributed by atoms with Crippen LogP contribution in [0.2, 0.25) is 5.02 Å². The van der Waals surface area contributed by atoms with Gasteiger partial charge in [0.05, 0.1) is 29.3 Å². The van der Waals surface area contributed by atoms with Crippen LogP contribution in [0.4, 0.5) is 5.95 Å². The Balaban J connectivity index is 1.11. The Kier molecular flexibility index (Phi) is 7.17. The van der Waals surface area contributed by atoms with E-state index in [1.807, 2.05) is 0 Å². The molecule has 0 amide bonds. The van der Waals surface area contributed by atoms with Crippen LogP contribution in [0.1, 0.15) is 45.4 Å². The number of hydrogen-bond acceptors (Lipinski definition) is 6. The van der Waals surface area contributed by atoms with Crippen molar-refractivity contribution in [2.45, 2.75) is 51.6 Å². The van der Waals surface area contributed by atoms with Crippen molar-refractivity contribution in [2.75, 3.05) is 43.4 Å². The Bertz CT molecular complexity index is 791. The van der Waals surface area contributed by atoms with E-state index < -0.39 is 10.0 Å². The summed E-state index contributed by atoms with van der Waals surface area (Å²) in [6.45, 7) is 5.76. The molecule has 0 spiro atoms. The molecule has 2 saturated heterocycles. The first-order valence-corrected chi connectivity index (χ1v) is 13.3. The number of piperidine rings is 2. The quantitative estimate of drug-likeness (QED) is 0.597. The molecule has 0 bridgehead atoms. The summed E-state index contributed by atoms with van der Waals surface area (Å²) in [5, 5.41) is 0.577. The molecule has 0 unspecified atom stereocenters. The van der Waals surface area contributed by atoms with E-state index in [9.17, 15) is 8.42 Å². The van der Waals surface area contributed by atoms with Crippen LogP contribution in [0.3, 0.4) is 0 Å². The maximum Gasteiger partial charge on any atom is 0.225 e. The summed E-state index contributed by atoms with van der Waals surface area (Å²) < 4.78 is 31.6. The first-order chi connectivity index (χ1) is 14.5. The Morgan fingerprint density at radius 1 is 1.10 bits per heavy atom. The number of halogens is 1. The van der Waals surface area contributed by atoms with Gasteiger partial charge in [-0.05, 0) is 63.2 Å². The highest BCUT2D eigenvalue weighted by Gasteiger charge is 2.43. The highest BCUT2D eigenvalue weighted by atomic mass is 35.5. The van der Waals surface area contributed by atoms with Gasteiger partial charge >= 0.3 is 0 Å². The van der Waals surface area contributed by atoms with Gasteiger partial charge in [0.1, 0.15) is 0 Å². The molecular formula is C21H33ClN4O3S. The number of anilines is 1. The van der Waals surface area contributed by atoms with E-state index >= 15 is 0 Å². The fraction of sp³-hybridized carbons (Fsp3) is 0.810. The molecule has 3 heterocycles. The summed E-state index contributed by atoms with van der Waals surface area (Å²) in [4.78, 5) is 10.9. The minimum absolute atomic E-state index is 0.188. The van der Waals surface area contributed by atoms with Crippen LogP contribution in [0.5, 0.6) is 0 Å². The third-order valence-corrected chi connectivity index (χ3v) is 9.09. The van der Waals surface area contributed by atoms with Crippen LogP contribution in [0, 0.1) is 17.8 Å². The van der Waals surface area contributed by atoms with E-state index in [1.165, 1.54) is 19.3 Å². The third kappa shape index (κ3) is 5.44. The van der Waals surface area contributed by atoms with E-state index in [4.69, 9.17) is 16.3 Å². The molecular weight excluding hydrogens is 424 g/mol. The highest BCUT2D eigenvalue weighted by molar-refractivity contribution is 7.89. The van der Waals surface area contributed by atoms with Gasteiger partial charge in [0.25, 0.3) is 0 Å². The lowest BCUT2D eigenvalue weighted by atomic mass is 9.90. The standard InChI is InChI=1S/C21H33ClN4O3S/c1-2-30(27,28)26-10-5-19(6-11-26)29-12-7-17-13-20(17)16-3-8-25(9-4-16)21-23-14-18(22)15-24-21/h14-17,19-20H,2-13H2,1H3/t17-,20-/m1/s1. The van der Waals surface area contributed by atoms with Gasteiger partial charge in [0, 0.05) is 32.8 Å². The van der Waals surface area contributed by atoms with E-state index in [-0.39, 0.29) is 11.9 Å². The summed E-state index contributed by atoms with van der Waals surface area (Å²) >= 11 is 5.88. The van der Waals surface area contributed by atoms with Crippen LogP contribution < -0.4 is 4.90 Å². The molecule has 3 fully saturated rings. The summed E-state index contributed by atoms with van der Waals surface area (Å²) in [6, 6.07) is 0. The molecule has 3 aliphatic rings. The molecule has 9 heteroatoms. The van der Waals surface area contributed by atoms with Crippen molar-refractivity contribution in [2.24, 2.45) is 17.8 Å². The lowest BCUT2D eigenvalue weighted by molar-refractivity contribution is 0.0174. The third-order valence-electron chi connectivity index (χ3n) is 7.01. The first kappa shape index (κ1) is 22.2. The molecule has 0 radical (unpaired) electrons. The molecule has 7 nitrogen and oxygen atoms in total. The molecule has 2 aliphatic heterocycles. The van der Waals surface area contributed by atoms with Crippen molar-refractivity contribution >= 4 is 27.6 Å². The number of rotatable bonds is 8. The van der Waals surface area contributed by atoms with E-state index in [1.54, 1.807) is 23.6 Å². The molecule has 4 rings (SSSR count). The maximum absolute atomic E-state index is 11.9. The number of nitrogens with zero attached hydrogens (tertiary/aromatic N) is 4. The monoisotopic (exact) mass is 456 g/mol. The van der Waals surface area contributed by atoms with Crippen molar-refractivity contribution in [3.63, 3.8) is 0 Å². The van der Waals surface area contributed by atoms with E-state index in [2.05, 4.69) is 14.9 Å². The van der Waals surface area contributed by atoms with Crippen molar-refractivity contribution in [3.8, 4) is 0 Å². The zero-order chi connectivity index (χ0) is 21.1. The second kappa shape index (κ2) is 9.67. The molecule has 1 aromatic rings. The summed E-state index contributed by atoms with van der Waals surface area (Å²) in [5.41, 5.74) is 0. The van der Waals surface area contributed by atoms with Crippen LogP contribution in [-0.4, -0.2) is 67.3 Å². The number of aromatic nitrogens is 2. The zero-order valence-corrected chi connectivity index (χ0v) is 19.3. The molecule has 0 N–H and O–H groups in total. The number of sulfonamides is 1. The predicted molar refractivity (Wildman–Crippen MR) is 118 cm³/mol. The maximum atomic E-state index is 11.9. The molecule has 2 atom stereocenters. The van der Waals surface area contributed by atoms with E-state index in [0.717, 1.165) is 62.7 Å². The number of hydrogen-bond donors (Lipinski definition) is 0. The Labute approximate surface area is 185 Å². The molecule has 1 saturated carbocycles. The Hall–Kier alpha value is -0.960. The molecule has 1 aromatic heterocycles. The van der Waals surface area contributed by atoms with E-state index in [0.29, 0.717) is 18.1 Å². The lowest BCUT2D eigenvalue weighted by Gasteiger charge is -2.32. The largest absolute Gasteiger partial charge is 0.378 e. The summed E-state index contributed by atoms with van der Waals surface area (Å²) in [5.74, 6) is 3.43. The van der Waals surface area contributed by atoms with Crippen LogP contribution >= 0.6 is 11.6 Å². The average Bonchev–Trinajstić information content (AvgIpc) is 3.54. The van der Waals surface area contributed by atoms with Crippen LogP contribution in [0.25, 0.3) is 0 Å². The van der Waals surface area contributed by atoms with Gasteiger partial charge in [0.15, 0.2) is 0 Å². The summed E-state index contributed by atoms with van der Waals surface area (Å²) in [6.07, 6.45) is 10.1. The topological polar surface area (TPSA) is 75.6 Å². The van der Waals surface area contributed by atoms with Crippen LogP contribution in [-0.2, 0) is 14.8 Å². The van der Waals surface area contributed by atoms with Gasteiger partial charge in [-0.2, -0.15) is 0 Å². The second-order valence-electron chi connectivity index (χ2n) is 8.84. The van der Waals surface area contributed by atoms with Gasteiger partial charge in [-0.1, -0.05) is 11.6 Å². The van der Waals surface area contributed by atoms with Gasteiger partial charge in [0.2, 0.25) is 16.0 Å². The molecule has 168 valence electrons. The van der Waals surface area contributed by atoms with Crippen molar-refractivity contribution in [1.82, 2.24) is 14.3 Å². The lowest BCUT2D eigenvalue weighted by Crippen LogP contribution is -2.41. The normalized spacial score (nSPS) is 26.8. The summed E-state index contributed by atoms with van der Waals surface area (Å²) in [7, 11) is -3.05. The minimum Gasteiger partial charge on any atom is -0.378 e. The molecule has 0 aromatic carbocycles.